The van der Waals surface area contributed by atoms with Crippen LogP contribution in [0.1, 0.15) is 35.7 Å². The molecule has 3 rings (SSSR count). The van der Waals surface area contributed by atoms with E-state index < -0.39 is 17.8 Å². The molecule has 0 unspecified atom stereocenters. The van der Waals surface area contributed by atoms with Crippen molar-refractivity contribution in [2.24, 2.45) is 5.92 Å². The van der Waals surface area contributed by atoms with Gasteiger partial charge in [-0.25, -0.2) is 9.18 Å². The van der Waals surface area contributed by atoms with Crippen LogP contribution in [-0.4, -0.2) is 22.9 Å². The van der Waals surface area contributed by atoms with Crippen LogP contribution in [0.15, 0.2) is 54.6 Å². The summed E-state index contributed by atoms with van der Waals surface area (Å²) in [4.78, 5) is 26.6. The number of imide groups is 1. The minimum Gasteiger partial charge on any atom is -0.317 e. The smallest absolute Gasteiger partial charge is 0.317 e. The molecule has 1 saturated carbocycles. The van der Waals surface area contributed by atoms with Gasteiger partial charge in [-0.2, -0.15) is 0 Å². The van der Waals surface area contributed by atoms with Crippen molar-refractivity contribution in [3.8, 4) is 0 Å². The zero-order valence-electron chi connectivity index (χ0n) is 14.1. The Hall–Kier alpha value is -2.69. The van der Waals surface area contributed by atoms with Crippen molar-refractivity contribution in [3.05, 3.63) is 71.5 Å². The van der Waals surface area contributed by atoms with Gasteiger partial charge in [0.1, 0.15) is 5.82 Å². The van der Waals surface area contributed by atoms with Gasteiger partial charge in [-0.1, -0.05) is 36.4 Å². The Balaban J connectivity index is 1.73. The fourth-order valence-corrected chi connectivity index (χ4v) is 2.88. The lowest BCUT2D eigenvalue weighted by Gasteiger charge is -2.29. The lowest BCUT2D eigenvalue weighted by Crippen LogP contribution is -2.47. The number of benzene rings is 2. The highest BCUT2D eigenvalue weighted by atomic mass is 19.1. The van der Waals surface area contributed by atoms with Crippen molar-refractivity contribution in [2.75, 3.05) is 0 Å². The summed E-state index contributed by atoms with van der Waals surface area (Å²) in [5.41, 5.74) is 1.13. The van der Waals surface area contributed by atoms with E-state index in [1.807, 2.05) is 37.3 Å². The summed E-state index contributed by atoms with van der Waals surface area (Å²) in [6.07, 6.45) is 2.19. The van der Waals surface area contributed by atoms with Gasteiger partial charge < -0.3 is 4.90 Å². The van der Waals surface area contributed by atoms with Gasteiger partial charge in [0.2, 0.25) is 0 Å². The first-order chi connectivity index (χ1) is 12.0. The highest BCUT2D eigenvalue weighted by Gasteiger charge is 2.34. The number of carbonyl (C=O) groups is 2. The highest BCUT2D eigenvalue weighted by molar-refractivity contribution is 6.04. The molecule has 130 valence electrons. The average Bonchev–Trinajstić information content (AvgIpc) is 3.45. The van der Waals surface area contributed by atoms with Crippen LogP contribution in [0.5, 0.6) is 0 Å². The second-order valence-electron chi connectivity index (χ2n) is 6.46. The fraction of sp³-hybridized carbons (Fsp3) is 0.300. The second kappa shape index (κ2) is 7.47. The number of urea groups is 1. The van der Waals surface area contributed by atoms with Gasteiger partial charge in [-0.15, -0.1) is 0 Å². The summed E-state index contributed by atoms with van der Waals surface area (Å²) in [5, 5.41) is 2.39. The number of hydrogen-bond acceptors (Lipinski definition) is 2. The number of rotatable bonds is 5. The molecule has 0 bridgehead atoms. The van der Waals surface area contributed by atoms with E-state index in [2.05, 4.69) is 5.32 Å². The van der Waals surface area contributed by atoms with Crippen molar-refractivity contribution < 1.29 is 14.0 Å². The van der Waals surface area contributed by atoms with Gasteiger partial charge in [0.15, 0.2) is 0 Å². The van der Waals surface area contributed by atoms with Crippen LogP contribution in [0.3, 0.4) is 0 Å². The molecule has 1 atom stereocenters. The van der Waals surface area contributed by atoms with Crippen molar-refractivity contribution >= 4 is 11.9 Å². The van der Waals surface area contributed by atoms with Crippen LogP contribution < -0.4 is 5.32 Å². The molecular formula is C20H21FN2O2. The Morgan fingerprint density at radius 1 is 1.16 bits per heavy atom. The Morgan fingerprint density at radius 2 is 1.88 bits per heavy atom. The third-order valence-electron chi connectivity index (χ3n) is 4.56. The largest absolute Gasteiger partial charge is 0.324 e. The number of amides is 3. The molecule has 2 aromatic carbocycles. The van der Waals surface area contributed by atoms with Gasteiger partial charge in [0, 0.05) is 18.2 Å². The monoisotopic (exact) mass is 340 g/mol. The minimum atomic E-state index is -0.592. The molecule has 4 nitrogen and oxygen atoms in total. The minimum absolute atomic E-state index is 0.0421. The summed E-state index contributed by atoms with van der Waals surface area (Å²) >= 11 is 0. The fourth-order valence-electron chi connectivity index (χ4n) is 2.88. The molecule has 2 aromatic rings. The van der Waals surface area contributed by atoms with E-state index in [1.54, 1.807) is 4.90 Å². The molecule has 1 fully saturated rings. The van der Waals surface area contributed by atoms with Crippen LogP contribution in [-0.2, 0) is 6.54 Å². The molecule has 0 radical (unpaired) electrons. The molecule has 0 aromatic heterocycles. The molecule has 1 aliphatic rings. The van der Waals surface area contributed by atoms with E-state index >= 15 is 0 Å². The number of halogens is 1. The molecule has 5 heteroatoms. The van der Waals surface area contributed by atoms with Gasteiger partial charge >= 0.3 is 6.03 Å². The van der Waals surface area contributed by atoms with Gasteiger partial charge in [-0.3, -0.25) is 10.1 Å². The predicted molar refractivity (Wildman–Crippen MR) is 93.4 cm³/mol. The first-order valence-electron chi connectivity index (χ1n) is 8.46. The Morgan fingerprint density at radius 3 is 2.52 bits per heavy atom. The maximum absolute atomic E-state index is 13.3. The SMILES string of the molecule is C[C@H](C1CC1)N(Cc1ccccc1)C(=O)NC(=O)c1cccc(F)c1. The molecule has 0 saturated heterocycles. The van der Waals surface area contributed by atoms with E-state index in [4.69, 9.17) is 0 Å². The summed E-state index contributed by atoms with van der Waals surface area (Å²) in [6, 6.07) is 14.6. The van der Waals surface area contributed by atoms with Crippen LogP contribution in [0.4, 0.5) is 9.18 Å². The molecule has 0 heterocycles. The number of hydrogen-bond donors (Lipinski definition) is 1. The maximum Gasteiger partial charge on any atom is 0.324 e. The van der Waals surface area contributed by atoms with Crippen LogP contribution in [0.2, 0.25) is 0 Å². The molecular weight excluding hydrogens is 319 g/mol. The third kappa shape index (κ3) is 4.44. The highest BCUT2D eigenvalue weighted by Crippen LogP contribution is 2.35. The normalized spacial score (nSPS) is 14.6. The predicted octanol–water partition coefficient (Wildman–Crippen LogP) is 3.98. The number of carbonyl (C=O) groups excluding carboxylic acids is 2. The number of nitrogens with zero attached hydrogens (tertiary/aromatic N) is 1. The van der Waals surface area contributed by atoms with E-state index in [0.29, 0.717) is 12.5 Å². The summed E-state index contributed by atoms with van der Waals surface area (Å²) in [5.74, 6) is -0.628. The quantitative estimate of drug-likeness (QED) is 0.895. The first-order valence-corrected chi connectivity index (χ1v) is 8.46. The van der Waals surface area contributed by atoms with Gasteiger partial charge in [0.25, 0.3) is 5.91 Å². The van der Waals surface area contributed by atoms with Gasteiger partial charge in [-0.05, 0) is 49.4 Å². The van der Waals surface area contributed by atoms with E-state index in [1.165, 1.54) is 18.2 Å². The van der Waals surface area contributed by atoms with Crippen LogP contribution in [0.25, 0.3) is 0 Å². The lowest BCUT2D eigenvalue weighted by molar-refractivity contribution is 0.0940. The Kier molecular flexibility index (Phi) is 5.12. The maximum atomic E-state index is 13.3. The topological polar surface area (TPSA) is 49.4 Å². The molecule has 3 amide bonds. The molecule has 0 aliphatic heterocycles. The van der Waals surface area contributed by atoms with E-state index in [-0.39, 0.29) is 11.6 Å². The summed E-state index contributed by atoms with van der Waals surface area (Å²) < 4.78 is 13.3. The van der Waals surface area contributed by atoms with Crippen molar-refractivity contribution in [3.63, 3.8) is 0 Å². The zero-order valence-corrected chi connectivity index (χ0v) is 14.1. The van der Waals surface area contributed by atoms with E-state index in [9.17, 15) is 14.0 Å². The molecule has 25 heavy (non-hydrogen) atoms. The zero-order chi connectivity index (χ0) is 17.8. The van der Waals surface area contributed by atoms with Gasteiger partial charge in [0.05, 0.1) is 0 Å². The van der Waals surface area contributed by atoms with Crippen molar-refractivity contribution in [1.29, 1.82) is 0 Å². The van der Waals surface area contributed by atoms with E-state index in [0.717, 1.165) is 24.5 Å². The standard InChI is InChI=1S/C20H21FN2O2/c1-14(16-10-11-16)23(13-15-6-3-2-4-7-15)20(25)22-19(24)17-8-5-9-18(21)12-17/h2-9,12,14,16H,10-11,13H2,1H3,(H,22,24,25)/t14-/m1/s1. The lowest BCUT2D eigenvalue weighted by atomic mass is 10.1. The first kappa shape index (κ1) is 17.1. The molecule has 1 N–H and O–H groups in total. The third-order valence-corrected chi connectivity index (χ3v) is 4.56. The summed E-state index contributed by atoms with van der Waals surface area (Å²) in [6.45, 7) is 2.44. The van der Waals surface area contributed by atoms with Crippen molar-refractivity contribution in [2.45, 2.75) is 32.4 Å². The average molecular weight is 340 g/mol. The molecule has 1 aliphatic carbocycles. The number of nitrogens with one attached hydrogen (secondary N) is 1. The molecule has 0 spiro atoms. The summed E-state index contributed by atoms with van der Waals surface area (Å²) in [7, 11) is 0. The van der Waals surface area contributed by atoms with Crippen LogP contribution >= 0.6 is 0 Å². The second-order valence-corrected chi connectivity index (χ2v) is 6.46. The van der Waals surface area contributed by atoms with Crippen molar-refractivity contribution in [1.82, 2.24) is 10.2 Å². The Bertz CT molecular complexity index is 759. The Labute approximate surface area is 146 Å². The van der Waals surface area contributed by atoms with Crippen LogP contribution in [0, 0.1) is 11.7 Å².